The van der Waals surface area contributed by atoms with Crippen LogP contribution in [0.4, 0.5) is 0 Å². The van der Waals surface area contributed by atoms with E-state index in [4.69, 9.17) is 10.5 Å². The first kappa shape index (κ1) is 12.2. The lowest BCUT2D eigenvalue weighted by atomic mass is 10.1. The van der Waals surface area contributed by atoms with Crippen molar-refractivity contribution in [1.29, 1.82) is 0 Å². The lowest BCUT2D eigenvalue weighted by Crippen LogP contribution is -2.32. The molecule has 1 unspecified atom stereocenters. The van der Waals surface area contributed by atoms with Crippen LogP contribution in [0.1, 0.15) is 18.1 Å². The summed E-state index contributed by atoms with van der Waals surface area (Å²) >= 11 is 0. The summed E-state index contributed by atoms with van der Waals surface area (Å²) in [6, 6.07) is 8.63. The van der Waals surface area contributed by atoms with E-state index in [1.165, 1.54) is 11.1 Å². The molecule has 0 aromatic heterocycles. The van der Waals surface area contributed by atoms with Crippen LogP contribution in [0, 0.1) is 0 Å². The number of hydrogen-bond acceptors (Lipinski definition) is 3. The van der Waals surface area contributed by atoms with Gasteiger partial charge in [0.2, 0.25) is 0 Å². The van der Waals surface area contributed by atoms with Gasteiger partial charge in [-0.05, 0) is 18.1 Å². The maximum atomic E-state index is 5.55. The molecule has 0 fully saturated rings. The van der Waals surface area contributed by atoms with Crippen molar-refractivity contribution in [2.45, 2.75) is 26.1 Å². The van der Waals surface area contributed by atoms with Crippen LogP contribution >= 0.6 is 0 Å². The van der Waals surface area contributed by atoms with Crippen LogP contribution < -0.4 is 11.1 Å². The molecule has 0 amide bonds. The number of nitrogens with two attached hydrogens (primary N) is 1. The first-order valence-corrected chi connectivity index (χ1v) is 5.27. The van der Waals surface area contributed by atoms with E-state index in [2.05, 4.69) is 24.4 Å². The van der Waals surface area contributed by atoms with E-state index in [9.17, 15) is 0 Å². The Kier molecular flexibility index (Phi) is 5.32. The molecule has 0 aliphatic carbocycles. The first-order chi connectivity index (χ1) is 7.27. The van der Waals surface area contributed by atoms with Crippen molar-refractivity contribution in [2.24, 2.45) is 5.73 Å². The normalized spacial score (nSPS) is 12.7. The van der Waals surface area contributed by atoms with Crippen LogP contribution in [-0.4, -0.2) is 19.7 Å². The molecule has 0 saturated carbocycles. The van der Waals surface area contributed by atoms with Gasteiger partial charge in [-0.25, -0.2) is 0 Å². The fraction of sp³-hybridized carbons (Fsp3) is 0.500. The van der Waals surface area contributed by atoms with E-state index >= 15 is 0 Å². The third-order valence-electron chi connectivity index (χ3n) is 2.41. The van der Waals surface area contributed by atoms with Crippen molar-refractivity contribution in [1.82, 2.24) is 5.32 Å². The second kappa shape index (κ2) is 6.56. The average molecular weight is 208 g/mol. The predicted octanol–water partition coefficient (Wildman–Crippen LogP) is 1.27. The molecule has 0 radical (unpaired) electrons. The first-order valence-electron chi connectivity index (χ1n) is 5.27. The van der Waals surface area contributed by atoms with Gasteiger partial charge in [0.15, 0.2) is 0 Å². The average Bonchev–Trinajstić information content (AvgIpc) is 2.28. The molecule has 0 saturated heterocycles. The molecule has 15 heavy (non-hydrogen) atoms. The van der Waals surface area contributed by atoms with E-state index < -0.39 is 0 Å². The summed E-state index contributed by atoms with van der Waals surface area (Å²) in [4.78, 5) is 0. The molecule has 1 atom stereocenters. The van der Waals surface area contributed by atoms with Gasteiger partial charge in [-0.3, -0.25) is 0 Å². The van der Waals surface area contributed by atoms with Gasteiger partial charge in [0.1, 0.15) is 0 Å². The van der Waals surface area contributed by atoms with Crippen molar-refractivity contribution in [3.05, 3.63) is 35.4 Å². The summed E-state index contributed by atoms with van der Waals surface area (Å²) in [7, 11) is 1.71. The van der Waals surface area contributed by atoms with Crippen LogP contribution in [0.15, 0.2) is 24.3 Å². The monoisotopic (exact) mass is 208 g/mol. The highest BCUT2D eigenvalue weighted by molar-refractivity contribution is 5.26. The molecule has 0 spiro atoms. The van der Waals surface area contributed by atoms with Crippen LogP contribution in [0.5, 0.6) is 0 Å². The Morgan fingerprint density at radius 3 is 2.60 bits per heavy atom. The zero-order chi connectivity index (χ0) is 11.1. The van der Waals surface area contributed by atoms with Crippen molar-refractivity contribution >= 4 is 0 Å². The van der Waals surface area contributed by atoms with Gasteiger partial charge >= 0.3 is 0 Å². The minimum absolute atomic E-state index is 0.348. The molecule has 0 bridgehead atoms. The Balaban J connectivity index is 2.58. The minimum atomic E-state index is 0.348. The van der Waals surface area contributed by atoms with Gasteiger partial charge in [0, 0.05) is 26.2 Å². The fourth-order valence-electron chi connectivity index (χ4n) is 1.39. The quantitative estimate of drug-likeness (QED) is 0.740. The Morgan fingerprint density at radius 1 is 1.33 bits per heavy atom. The molecule has 84 valence electrons. The zero-order valence-electron chi connectivity index (χ0n) is 9.49. The van der Waals surface area contributed by atoms with Crippen molar-refractivity contribution in [3.63, 3.8) is 0 Å². The number of ether oxygens (including phenoxy) is 1. The minimum Gasteiger partial charge on any atom is -0.380 e. The number of methoxy groups -OCH3 is 1. The standard InChI is InChI=1S/C12H20N2O/c1-10(7-13)14-8-11-5-3-4-6-12(11)9-15-2/h3-6,10,14H,7-9,13H2,1-2H3. The molecule has 1 aromatic rings. The molecule has 1 aromatic carbocycles. The summed E-state index contributed by atoms with van der Waals surface area (Å²) < 4.78 is 5.15. The SMILES string of the molecule is COCc1ccccc1CNC(C)CN. The topological polar surface area (TPSA) is 47.3 Å². The Labute approximate surface area is 91.6 Å². The number of rotatable bonds is 6. The number of hydrogen-bond donors (Lipinski definition) is 2. The third kappa shape index (κ3) is 4.00. The Morgan fingerprint density at radius 2 is 2.00 bits per heavy atom. The molecular weight excluding hydrogens is 188 g/mol. The van der Waals surface area contributed by atoms with E-state index in [-0.39, 0.29) is 0 Å². The molecule has 0 aliphatic rings. The smallest absolute Gasteiger partial charge is 0.0716 e. The van der Waals surface area contributed by atoms with Crippen molar-refractivity contribution in [3.8, 4) is 0 Å². The molecule has 0 heterocycles. The largest absolute Gasteiger partial charge is 0.380 e. The van der Waals surface area contributed by atoms with E-state index in [0.29, 0.717) is 19.2 Å². The van der Waals surface area contributed by atoms with Crippen LogP contribution in [0.25, 0.3) is 0 Å². The van der Waals surface area contributed by atoms with Crippen LogP contribution in [0.3, 0.4) is 0 Å². The molecule has 3 N–H and O–H groups in total. The van der Waals surface area contributed by atoms with Gasteiger partial charge in [0.25, 0.3) is 0 Å². The van der Waals surface area contributed by atoms with Gasteiger partial charge in [0.05, 0.1) is 6.61 Å². The second-order valence-corrected chi connectivity index (χ2v) is 3.72. The molecule has 3 nitrogen and oxygen atoms in total. The van der Waals surface area contributed by atoms with E-state index in [1.54, 1.807) is 7.11 Å². The Bertz CT molecular complexity index is 289. The van der Waals surface area contributed by atoms with Crippen molar-refractivity contribution in [2.75, 3.05) is 13.7 Å². The molecule has 0 aliphatic heterocycles. The number of nitrogens with one attached hydrogen (secondary N) is 1. The van der Waals surface area contributed by atoms with Gasteiger partial charge in [-0.15, -0.1) is 0 Å². The lowest BCUT2D eigenvalue weighted by molar-refractivity contribution is 0.184. The molecule has 1 rings (SSSR count). The highest BCUT2D eigenvalue weighted by atomic mass is 16.5. The lowest BCUT2D eigenvalue weighted by Gasteiger charge is -2.13. The summed E-state index contributed by atoms with van der Waals surface area (Å²) in [6.07, 6.45) is 0. The van der Waals surface area contributed by atoms with E-state index in [0.717, 1.165) is 6.54 Å². The predicted molar refractivity (Wildman–Crippen MR) is 62.5 cm³/mol. The van der Waals surface area contributed by atoms with Crippen molar-refractivity contribution < 1.29 is 4.74 Å². The maximum absolute atomic E-state index is 5.55. The zero-order valence-corrected chi connectivity index (χ0v) is 9.49. The van der Waals surface area contributed by atoms with Gasteiger partial charge in [-0.2, -0.15) is 0 Å². The fourth-order valence-corrected chi connectivity index (χ4v) is 1.39. The van der Waals surface area contributed by atoms with E-state index in [1.807, 2.05) is 12.1 Å². The number of benzene rings is 1. The maximum Gasteiger partial charge on any atom is 0.0716 e. The third-order valence-corrected chi connectivity index (χ3v) is 2.41. The summed E-state index contributed by atoms with van der Waals surface area (Å²) in [5.41, 5.74) is 8.06. The molecular formula is C12H20N2O. The van der Waals surface area contributed by atoms with Gasteiger partial charge in [-0.1, -0.05) is 24.3 Å². The Hall–Kier alpha value is -0.900. The highest BCUT2D eigenvalue weighted by Crippen LogP contribution is 2.09. The van der Waals surface area contributed by atoms with Gasteiger partial charge < -0.3 is 15.8 Å². The summed E-state index contributed by atoms with van der Waals surface area (Å²) in [6.45, 7) is 4.25. The highest BCUT2D eigenvalue weighted by Gasteiger charge is 2.02. The van der Waals surface area contributed by atoms with Crippen LogP contribution in [-0.2, 0) is 17.9 Å². The molecule has 3 heteroatoms. The second-order valence-electron chi connectivity index (χ2n) is 3.72. The van der Waals surface area contributed by atoms with Crippen LogP contribution in [0.2, 0.25) is 0 Å². The summed E-state index contributed by atoms with van der Waals surface area (Å²) in [5.74, 6) is 0. The summed E-state index contributed by atoms with van der Waals surface area (Å²) in [5, 5.41) is 3.37.